The van der Waals surface area contributed by atoms with E-state index in [0.29, 0.717) is 84.2 Å². The van der Waals surface area contributed by atoms with Gasteiger partial charge in [0.15, 0.2) is 5.78 Å². The molecule has 4 N–H and O–H groups in total. The first-order chi connectivity index (χ1) is 45.4. The van der Waals surface area contributed by atoms with E-state index >= 15 is 0 Å². The first-order valence-electron chi connectivity index (χ1n) is 30.1. The molecule has 0 aliphatic heterocycles. The summed E-state index contributed by atoms with van der Waals surface area (Å²) in [6.07, 6.45) is -2.37. The van der Waals surface area contributed by atoms with Crippen LogP contribution in [0.3, 0.4) is 0 Å². The van der Waals surface area contributed by atoms with Gasteiger partial charge in [0.05, 0.1) is 35.0 Å². The zero-order valence-electron chi connectivity index (χ0n) is 53.8. The number of Topliss-reactive ketones (excluding diaryl/α,β-unsaturated/α-hetero) is 1. The van der Waals surface area contributed by atoms with Crippen LogP contribution in [-0.4, -0.2) is 104 Å². The molecule has 0 aliphatic carbocycles. The number of anilines is 2. The predicted molar refractivity (Wildman–Crippen MR) is 363 cm³/mol. The van der Waals surface area contributed by atoms with E-state index in [1.165, 1.54) is 66.9 Å². The van der Waals surface area contributed by atoms with Gasteiger partial charge in [0, 0.05) is 102 Å². The van der Waals surface area contributed by atoms with Crippen LogP contribution in [-0.2, 0) is 20.0 Å². The molecule has 0 saturated carbocycles. The summed E-state index contributed by atoms with van der Waals surface area (Å²) in [6.45, 7) is 7.84. The summed E-state index contributed by atoms with van der Waals surface area (Å²) in [5.74, 6) is 0.335. The molecule has 8 aromatic carbocycles. The number of aliphatic hydroxyl groups excluding tert-OH is 1. The molecule has 500 valence electrons. The lowest BCUT2D eigenvalue weighted by Gasteiger charge is -2.24. The number of aliphatic hydroxyl groups is 1. The van der Waals surface area contributed by atoms with Crippen LogP contribution < -0.4 is 34.0 Å². The molecule has 10 aromatic rings. The van der Waals surface area contributed by atoms with Gasteiger partial charge >= 0.3 is 6.18 Å². The van der Waals surface area contributed by atoms with Gasteiger partial charge in [-0.15, -0.1) is 0 Å². The molecule has 96 heavy (non-hydrogen) atoms. The maximum Gasteiger partial charge on any atom is 0.405 e. The lowest BCUT2D eigenvalue weighted by atomic mass is 9.94. The van der Waals surface area contributed by atoms with Crippen molar-refractivity contribution < 1.29 is 77.0 Å². The molecule has 0 spiro atoms. The summed E-state index contributed by atoms with van der Waals surface area (Å²) >= 11 is 0. The Morgan fingerprint density at radius 3 is 1.50 bits per heavy atom. The van der Waals surface area contributed by atoms with Gasteiger partial charge in [-0.25, -0.2) is 21.2 Å². The summed E-state index contributed by atoms with van der Waals surface area (Å²) in [6, 6.07) is 46.0. The molecule has 18 nitrogen and oxygen atoms in total. The molecule has 2 aromatic heterocycles. The minimum absolute atomic E-state index is 0.0829. The fourth-order valence-corrected chi connectivity index (χ4v) is 11.9. The van der Waals surface area contributed by atoms with Crippen molar-refractivity contribution in [3.63, 3.8) is 0 Å². The number of rotatable bonds is 22. The number of furan rings is 2. The number of nitrogens with zero attached hydrogens (tertiary/aromatic N) is 2. The Balaban J connectivity index is 0.000000226. The van der Waals surface area contributed by atoms with E-state index in [0.717, 1.165) is 22.4 Å². The number of halogens is 4. The fraction of sp³-hybridized carbons (Fsp3) is 0.222. The summed E-state index contributed by atoms with van der Waals surface area (Å²) in [4.78, 5) is 52.5. The lowest BCUT2D eigenvalue weighted by Crippen LogP contribution is -2.36. The van der Waals surface area contributed by atoms with E-state index < -0.39 is 49.9 Å². The Labute approximate surface area is 552 Å². The highest BCUT2D eigenvalue weighted by Gasteiger charge is 2.31. The molecule has 0 fully saturated rings. The van der Waals surface area contributed by atoms with Gasteiger partial charge in [-0.1, -0.05) is 57.2 Å². The quantitative estimate of drug-likeness (QED) is 0.0365. The van der Waals surface area contributed by atoms with Crippen molar-refractivity contribution in [3.05, 3.63) is 203 Å². The highest BCUT2D eigenvalue weighted by atomic mass is 32.2. The molecule has 10 rings (SSSR count). The molecule has 0 unspecified atom stereocenters. The summed E-state index contributed by atoms with van der Waals surface area (Å²) in [5.41, 5.74) is 5.15. The largest absolute Gasteiger partial charge is 0.457 e. The Hall–Kier alpha value is -10.3. The second kappa shape index (κ2) is 28.7. The average molecular weight is 1350 g/mol. The third kappa shape index (κ3) is 16.4. The number of amides is 3. The highest BCUT2D eigenvalue weighted by molar-refractivity contribution is 7.92. The topological polar surface area (TPSA) is 244 Å². The standard InChI is InChI=1S/C38H41N3O7S.C34H28F4N2O6S/c1-7-41(49(6,45)46)32-21-33-31(20-30(32)26-11-9-12-27(19-26)36(43)40-22-38(3,4)23-42)34(37(44)39-5)35(48-33)25-14-16-28(17-15-25)47-29-13-8-10-24(2)18-29;1-4-29(41)31-27-17-26(21-6-5-7-22(16-21)33(42)39-19-34(36,37)38)28(40(2)47(3,43)44)18-30(27)46-32(31)20-8-12-24(13-9-20)45-25-14-10-23(35)11-15-25/h8-21,42H,7,22-23H2,1-6H3,(H,39,44)(H,40,43);5-18H,4,19H2,1-3H3,(H,39,42). The second-order valence-electron chi connectivity index (χ2n) is 23.3. The van der Waals surface area contributed by atoms with Gasteiger partial charge in [0.1, 0.15) is 58.0 Å². The summed E-state index contributed by atoms with van der Waals surface area (Å²) in [7, 11) is -4.72. The number of fused-ring (bicyclic) bond motifs is 2. The zero-order chi connectivity index (χ0) is 69.6. The fourth-order valence-electron chi connectivity index (χ4n) is 10.4. The van der Waals surface area contributed by atoms with Crippen molar-refractivity contribution in [2.45, 2.75) is 47.2 Å². The predicted octanol–water partition coefficient (Wildman–Crippen LogP) is 14.7. The van der Waals surface area contributed by atoms with Gasteiger partial charge in [-0.05, 0) is 152 Å². The van der Waals surface area contributed by atoms with E-state index in [-0.39, 0.29) is 83.0 Å². The first kappa shape index (κ1) is 70.0. The molecular weight excluding hydrogens is 1280 g/mol. The van der Waals surface area contributed by atoms with E-state index in [2.05, 4.69) is 10.6 Å². The van der Waals surface area contributed by atoms with Crippen LogP contribution in [0.5, 0.6) is 23.0 Å². The number of nitrogens with one attached hydrogen (secondary N) is 3. The third-order valence-corrected chi connectivity index (χ3v) is 17.9. The Bertz CT molecular complexity index is 4800. The van der Waals surface area contributed by atoms with Crippen LogP contribution in [0.4, 0.5) is 28.9 Å². The van der Waals surface area contributed by atoms with E-state index in [4.69, 9.17) is 18.3 Å². The number of benzene rings is 8. The van der Waals surface area contributed by atoms with Gasteiger partial charge in [-0.3, -0.25) is 27.8 Å². The molecule has 0 bridgehead atoms. The SMILES string of the molecule is CCC(=O)c1c(-c2ccc(Oc3ccc(F)cc3)cc2)oc2cc(N(C)S(C)(=O)=O)c(-c3cccc(C(=O)NCC(F)(F)F)c3)cc12.CCN(c1cc2oc(-c3ccc(Oc4cccc(C)c4)cc3)c(C(=O)NC)c2cc1-c1cccc(C(=O)NCC(C)(C)CO)c1)S(C)(=O)=O. The Morgan fingerprint density at radius 1 is 0.562 bits per heavy atom. The van der Waals surface area contributed by atoms with Crippen LogP contribution in [0.2, 0.25) is 0 Å². The second-order valence-corrected chi connectivity index (χ2v) is 27.3. The van der Waals surface area contributed by atoms with Gasteiger partial charge in [-0.2, -0.15) is 13.2 Å². The van der Waals surface area contributed by atoms with E-state index in [9.17, 15) is 58.7 Å². The number of aryl methyl sites for hydroxylation is 1. The van der Waals surface area contributed by atoms with Gasteiger partial charge in [0.2, 0.25) is 20.0 Å². The minimum atomic E-state index is -4.61. The molecule has 2 heterocycles. The van der Waals surface area contributed by atoms with Crippen molar-refractivity contribution in [1.82, 2.24) is 16.0 Å². The van der Waals surface area contributed by atoms with Crippen molar-refractivity contribution in [3.8, 4) is 67.9 Å². The summed E-state index contributed by atoms with van der Waals surface area (Å²) in [5, 5.41) is 17.8. The van der Waals surface area contributed by atoms with Crippen LogP contribution in [0, 0.1) is 18.2 Å². The number of sulfonamides is 2. The molecule has 0 radical (unpaired) electrons. The smallest absolute Gasteiger partial charge is 0.405 e. The number of carbonyl (C=O) groups is 4. The monoisotopic (exact) mass is 1350 g/mol. The molecular formula is C72H69F4N5O13S2. The third-order valence-electron chi connectivity index (χ3n) is 15.4. The van der Waals surface area contributed by atoms with Gasteiger partial charge < -0.3 is 39.4 Å². The number of ketones is 1. The Kier molecular flexibility index (Phi) is 21.0. The number of alkyl halides is 3. The molecule has 0 saturated heterocycles. The number of hydrogen-bond acceptors (Lipinski definition) is 13. The Morgan fingerprint density at radius 2 is 1.03 bits per heavy atom. The lowest BCUT2D eigenvalue weighted by molar-refractivity contribution is -0.123. The number of hydrogen-bond donors (Lipinski definition) is 4. The highest BCUT2D eigenvalue weighted by Crippen LogP contribution is 2.45. The zero-order valence-corrected chi connectivity index (χ0v) is 55.4. The molecule has 0 atom stereocenters. The molecule has 0 aliphatic rings. The van der Waals surface area contributed by atoms with Crippen LogP contribution in [0.25, 0.3) is 66.8 Å². The number of ether oxygens (including phenoxy) is 2. The number of carbonyl (C=O) groups excluding carboxylic acids is 4. The molecule has 24 heteroatoms. The van der Waals surface area contributed by atoms with Crippen molar-refractivity contribution in [1.29, 1.82) is 0 Å². The maximum atomic E-state index is 13.5. The van der Waals surface area contributed by atoms with Crippen LogP contribution in [0.1, 0.15) is 81.1 Å². The summed E-state index contributed by atoms with van der Waals surface area (Å²) < 4.78 is 129. The van der Waals surface area contributed by atoms with Crippen LogP contribution >= 0.6 is 0 Å². The maximum absolute atomic E-state index is 13.5. The van der Waals surface area contributed by atoms with Crippen molar-refractivity contribution in [2.75, 3.05) is 61.5 Å². The van der Waals surface area contributed by atoms with Crippen molar-refractivity contribution >= 4 is 76.9 Å². The normalized spacial score (nSPS) is 11.8. The van der Waals surface area contributed by atoms with E-state index in [1.54, 1.807) is 111 Å². The van der Waals surface area contributed by atoms with Gasteiger partial charge in [0.25, 0.3) is 17.7 Å². The van der Waals surface area contributed by atoms with Crippen LogP contribution in [0.15, 0.2) is 179 Å². The first-order valence-corrected chi connectivity index (χ1v) is 33.8. The van der Waals surface area contributed by atoms with Crippen molar-refractivity contribution in [2.24, 2.45) is 5.41 Å². The average Bonchev–Trinajstić information content (AvgIpc) is 1.54. The van der Waals surface area contributed by atoms with E-state index in [1.807, 2.05) is 50.4 Å². The minimum Gasteiger partial charge on any atom is -0.457 e. The molecule has 3 amide bonds.